The third-order valence-corrected chi connectivity index (χ3v) is 7.86. The quantitative estimate of drug-likeness (QED) is 0.643. The van der Waals surface area contributed by atoms with E-state index < -0.39 is 5.41 Å². The van der Waals surface area contributed by atoms with E-state index in [4.69, 9.17) is 4.74 Å². The predicted octanol–water partition coefficient (Wildman–Crippen LogP) is 5.93. The number of hydrogen-bond donors (Lipinski definition) is 1. The zero-order valence-corrected chi connectivity index (χ0v) is 20.0. The number of hydrogen-bond acceptors (Lipinski definition) is 5. The Morgan fingerprint density at radius 1 is 1.19 bits per heavy atom. The van der Waals surface area contributed by atoms with E-state index in [1.807, 2.05) is 6.20 Å². The molecule has 4 aliphatic rings. The summed E-state index contributed by atoms with van der Waals surface area (Å²) in [4.78, 5) is 13.6. The molecule has 1 aromatic rings. The molecule has 1 aliphatic carbocycles. The van der Waals surface area contributed by atoms with Gasteiger partial charge in [0.05, 0.1) is 17.2 Å². The van der Waals surface area contributed by atoms with E-state index in [-0.39, 0.29) is 23.0 Å². The van der Waals surface area contributed by atoms with Gasteiger partial charge in [-0.2, -0.15) is 10.2 Å². The first-order valence-corrected chi connectivity index (χ1v) is 12.0. The third-order valence-electron chi connectivity index (χ3n) is 7.86. The monoisotopic (exact) mass is 433 g/mol. The molecular formula is C27H35N3O2. The zero-order valence-electron chi connectivity index (χ0n) is 20.0. The summed E-state index contributed by atoms with van der Waals surface area (Å²) in [5, 5.41) is 12.3. The number of nitrogens with one attached hydrogen (secondary N) is 1. The van der Waals surface area contributed by atoms with Crippen LogP contribution in [-0.4, -0.2) is 24.2 Å². The van der Waals surface area contributed by atoms with Gasteiger partial charge in [-0.15, -0.1) is 0 Å². The molecular weight excluding hydrogens is 398 g/mol. The lowest BCUT2D eigenvalue weighted by atomic mass is 9.58. The highest BCUT2D eigenvalue weighted by Gasteiger charge is 2.53. The van der Waals surface area contributed by atoms with E-state index >= 15 is 0 Å². The van der Waals surface area contributed by atoms with Gasteiger partial charge in [0.1, 0.15) is 0 Å². The van der Waals surface area contributed by atoms with Gasteiger partial charge >= 0.3 is 0 Å². The molecule has 5 heteroatoms. The van der Waals surface area contributed by atoms with Crippen molar-refractivity contribution in [3.8, 4) is 0 Å². The Hall–Kier alpha value is -2.27. The minimum Gasteiger partial charge on any atom is -0.376 e. The summed E-state index contributed by atoms with van der Waals surface area (Å²) in [5.74, 6) is 0.723. The molecule has 1 unspecified atom stereocenters. The van der Waals surface area contributed by atoms with E-state index in [2.05, 4.69) is 74.4 Å². The number of Topliss-reactive ketones (excluding diaryl/α,β-unsaturated/α-hetero) is 1. The highest BCUT2D eigenvalue weighted by atomic mass is 16.5. The zero-order chi connectivity index (χ0) is 22.7. The van der Waals surface area contributed by atoms with Crippen LogP contribution in [0.2, 0.25) is 0 Å². The van der Waals surface area contributed by atoms with Gasteiger partial charge in [0, 0.05) is 29.9 Å². The summed E-state index contributed by atoms with van der Waals surface area (Å²) in [5.41, 5.74) is 5.04. The third kappa shape index (κ3) is 3.37. The Morgan fingerprint density at radius 2 is 2.00 bits per heavy atom. The molecule has 1 fully saturated rings. The van der Waals surface area contributed by atoms with Gasteiger partial charge < -0.3 is 10.1 Å². The first-order valence-electron chi connectivity index (χ1n) is 12.0. The van der Waals surface area contributed by atoms with E-state index in [9.17, 15) is 4.79 Å². The predicted molar refractivity (Wildman–Crippen MR) is 125 cm³/mol. The van der Waals surface area contributed by atoms with Gasteiger partial charge in [0.2, 0.25) is 0 Å². The van der Waals surface area contributed by atoms with Gasteiger partial charge in [-0.3, -0.25) is 4.79 Å². The fourth-order valence-electron chi connectivity index (χ4n) is 6.46. The number of carbonyl (C=O) groups is 1. The molecule has 1 aromatic carbocycles. The topological polar surface area (TPSA) is 63.1 Å². The van der Waals surface area contributed by atoms with Crippen molar-refractivity contribution in [1.29, 1.82) is 0 Å². The van der Waals surface area contributed by atoms with E-state index in [0.29, 0.717) is 12.3 Å². The Labute approximate surface area is 191 Å². The summed E-state index contributed by atoms with van der Waals surface area (Å²) in [6, 6.07) is 8.98. The number of rotatable bonds is 3. The standard InChI is InChI=1S/C27H35N3O2/c1-6-27(19-9-7-8-17(12-19)18-10-11-32-26(4,5)13-18)20-16-28-30-24(20)29-21-14-25(2,3)15-22(31)23(21)27/h7-9,12,16,18,24,29H,6,10-11,13-15H2,1-5H3/t18-,24?,27+/m1/s1. The molecule has 0 spiro atoms. The maximum atomic E-state index is 13.6. The summed E-state index contributed by atoms with van der Waals surface area (Å²) in [6.45, 7) is 11.7. The first kappa shape index (κ1) is 21.6. The molecule has 0 bridgehead atoms. The summed E-state index contributed by atoms with van der Waals surface area (Å²) >= 11 is 0. The number of azo groups is 1. The van der Waals surface area contributed by atoms with Gasteiger partial charge in [-0.25, -0.2) is 0 Å². The lowest BCUT2D eigenvalue weighted by Crippen LogP contribution is -2.51. The number of nitrogens with zero attached hydrogens (tertiary/aromatic N) is 2. The Bertz CT molecular complexity index is 1050. The normalized spacial score (nSPS) is 32.8. The number of ether oxygens (including phenoxy) is 1. The molecule has 3 atom stereocenters. The van der Waals surface area contributed by atoms with Crippen LogP contribution in [0.5, 0.6) is 0 Å². The van der Waals surface area contributed by atoms with Gasteiger partial charge in [-0.1, -0.05) is 45.0 Å². The lowest BCUT2D eigenvalue weighted by molar-refractivity contribution is -0.119. The number of allylic oxidation sites excluding steroid dienone is 2. The van der Waals surface area contributed by atoms with Crippen molar-refractivity contribution in [3.05, 3.63) is 58.4 Å². The van der Waals surface area contributed by atoms with E-state index in [1.165, 1.54) is 11.1 Å². The smallest absolute Gasteiger partial charge is 0.164 e. The number of fused-ring (bicyclic) bond motifs is 1. The van der Waals surface area contributed by atoms with Crippen LogP contribution in [0.15, 0.2) is 57.5 Å². The van der Waals surface area contributed by atoms with E-state index in [1.54, 1.807) is 0 Å². The van der Waals surface area contributed by atoms with Crippen molar-refractivity contribution in [1.82, 2.24) is 5.32 Å². The fourth-order valence-corrected chi connectivity index (χ4v) is 6.46. The number of carbonyl (C=O) groups excluding carboxylic acids is 1. The molecule has 1 N–H and O–H groups in total. The first-order chi connectivity index (χ1) is 15.2. The highest BCUT2D eigenvalue weighted by Crippen LogP contribution is 2.54. The molecule has 5 rings (SSSR count). The van der Waals surface area contributed by atoms with Gasteiger partial charge in [0.15, 0.2) is 11.9 Å². The molecule has 0 radical (unpaired) electrons. The maximum absolute atomic E-state index is 13.6. The largest absolute Gasteiger partial charge is 0.376 e. The second-order valence-corrected chi connectivity index (χ2v) is 11.3. The van der Waals surface area contributed by atoms with Crippen LogP contribution in [-0.2, 0) is 14.9 Å². The fraction of sp³-hybridized carbons (Fsp3) is 0.593. The molecule has 0 aromatic heterocycles. The van der Waals surface area contributed by atoms with Crippen molar-refractivity contribution >= 4 is 5.78 Å². The number of ketones is 1. The minimum absolute atomic E-state index is 0.0467. The minimum atomic E-state index is -0.473. The SMILES string of the molecule is CC[C@]1(c2cccc([C@@H]3CCOC(C)(C)C3)c2)C2=CN=NC2NC2=C1C(=O)CC(C)(C)C2. The van der Waals surface area contributed by atoms with Crippen molar-refractivity contribution in [2.45, 2.75) is 89.8 Å². The van der Waals surface area contributed by atoms with Crippen molar-refractivity contribution in [3.63, 3.8) is 0 Å². The maximum Gasteiger partial charge on any atom is 0.164 e. The van der Waals surface area contributed by atoms with Crippen LogP contribution in [0.3, 0.4) is 0 Å². The second kappa shape index (κ2) is 7.38. The molecule has 0 saturated carbocycles. The molecule has 170 valence electrons. The van der Waals surface area contributed by atoms with Crippen LogP contribution in [0, 0.1) is 5.41 Å². The van der Waals surface area contributed by atoms with Crippen molar-refractivity contribution < 1.29 is 9.53 Å². The molecule has 3 heterocycles. The average Bonchev–Trinajstić information content (AvgIpc) is 3.19. The molecule has 32 heavy (non-hydrogen) atoms. The Balaban J connectivity index is 1.65. The molecule has 0 amide bonds. The van der Waals surface area contributed by atoms with Crippen LogP contribution in [0.25, 0.3) is 0 Å². The number of benzene rings is 1. The van der Waals surface area contributed by atoms with Crippen LogP contribution < -0.4 is 5.32 Å². The average molecular weight is 434 g/mol. The van der Waals surface area contributed by atoms with E-state index in [0.717, 1.165) is 49.1 Å². The summed E-state index contributed by atoms with van der Waals surface area (Å²) in [6.07, 6.45) is 6.01. The van der Waals surface area contributed by atoms with Crippen molar-refractivity contribution in [2.24, 2.45) is 15.6 Å². The van der Waals surface area contributed by atoms with Gasteiger partial charge in [-0.05, 0) is 62.0 Å². The van der Waals surface area contributed by atoms with Crippen molar-refractivity contribution in [2.75, 3.05) is 6.61 Å². The summed E-state index contributed by atoms with van der Waals surface area (Å²) in [7, 11) is 0. The summed E-state index contributed by atoms with van der Waals surface area (Å²) < 4.78 is 5.97. The Kier molecular flexibility index (Phi) is 4.97. The van der Waals surface area contributed by atoms with Crippen LogP contribution in [0.4, 0.5) is 0 Å². The second-order valence-electron chi connectivity index (χ2n) is 11.3. The Morgan fingerprint density at radius 3 is 2.75 bits per heavy atom. The molecule has 1 saturated heterocycles. The molecule has 5 nitrogen and oxygen atoms in total. The lowest BCUT2D eigenvalue weighted by Gasteiger charge is -2.48. The molecule has 3 aliphatic heterocycles. The van der Waals surface area contributed by atoms with Crippen LogP contribution >= 0.6 is 0 Å². The highest BCUT2D eigenvalue weighted by molar-refractivity contribution is 6.01. The van der Waals surface area contributed by atoms with Crippen LogP contribution in [0.1, 0.15) is 83.8 Å². The van der Waals surface area contributed by atoms with Gasteiger partial charge in [0.25, 0.3) is 0 Å².